The van der Waals surface area contributed by atoms with E-state index in [1.54, 1.807) is 24.3 Å². The van der Waals surface area contributed by atoms with Gasteiger partial charge in [-0.3, -0.25) is 9.59 Å². The summed E-state index contributed by atoms with van der Waals surface area (Å²) in [6, 6.07) is 7.08. The van der Waals surface area contributed by atoms with Crippen LogP contribution in [0.1, 0.15) is 55.3 Å². The monoisotopic (exact) mass is 330 g/mol. The van der Waals surface area contributed by atoms with Crippen molar-refractivity contribution in [3.8, 4) is 0 Å². The van der Waals surface area contributed by atoms with E-state index in [1.807, 2.05) is 4.90 Å². The molecule has 5 heteroatoms. The number of hydrogen-bond acceptors (Lipinski definition) is 3. The standard InChI is InChI=1S/C19H26N2O3/c22-17-7-5-6-16(17)18(23)20-15-10-8-14(9-11-15)19(24)21-12-3-1-2-4-13-21/h8-11,16-17,22H,1-7,12-13H2,(H,20,23). The number of anilines is 1. The molecule has 2 N–H and O–H groups in total. The topological polar surface area (TPSA) is 69.6 Å². The third-order valence-electron chi connectivity index (χ3n) is 5.11. The molecular weight excluding hydrogens is 304 g/mol. The highest BCUT2D eigenvalue weighted by Crippen LogP contribution is 2.27. The second-order valence-corrected chi connectivity index (χ2v) is 6.88. The molecule has 1 saturated heterocycles. The summed E-state index contributed by atoms with van der Waals surface area (Å²) in [6.45, 7) is 1.66. The normalized spacial score (nSPS) is 24.5. The van der Waals surface area contributed by atoms with E-state index in [-0.39, 0.29) is 17.7 Å². The van der Waals surface area contributed by atoms with E-state index < -0.39 is 6.10 Å². The first kappa shape index (κ1) is 17.0. The van der Waals surface area contributed by atoms with Gasteiger partial charge in [0.05, 0.1) is 12.0 Å². The van der Waals surface area contributed by atoms with Crippen LogP contribution in [-0.2, 0) is 4.79 Å². The number of aliphatic hydroxyl groups excluding tert-OH is 1. The average Bonchev–Trinajstić information content (AvgIpc) is 2.85. The molecule has 5 nitrogen and oxygen atoms in total. The Kier molecular flexibility index (Phi) is 5.51. The SMILES string of the molecule is O=C(Nc1ccc(C(=O)N2CCCCCC2)cc1)C1CCCC1O. The van der Waals surface area contributed by atoms with Gasteiger partial charge in [-0.1, -0.05) is 12.8 Å². The highest BCUT2D eigenvalue weighted by molar-refractivity contribution is 5.96. The Hall–Kier alpha value is -1.88. The van der Waals surface area contributed by atoms with Crippen molar-refractivity contribution in [3.05, 3.63) is 29.8 Å². The van der Waals surface area contributed by atoms with E-state index in [2.05, 4.69) is 5.32 Å². The Morgan fingerprint density at radius 2 is 1.62 bits per heavy atom. The molecule has 1 aromatic carbocycles. The molecule has 3 rings (SSSR count). The van der Waals surface area contributed by atoms with Crippen LogP contribution in [0.4, 0.5) is 5.69 Å². The molecule has 1 aliphatic carbocycles. The van der Waals surface area contributed by atoms with Crippen LogP contribution in [0, 0.1) is 5.92 Å². The van der Waals surface area contributed by atoms with E-state index in [1.165, 1.54) is 12.8 Å². The van der Waals surface area contributed by atoms with Crippen LogP contribution in [0.25, 0.3) is 0 Å². The minimum atomic E-state index is -0.533. The van der Waals surface area contributed by atoms with Crippen molar-refractivity contribution in [2.24, 2.45) is 5.92 Å². The van der Waals surface area contributed by atoms with Crippen molar-refractivity contribution in [3.63, 3.8) is 0 Å². The summed E-state index contributed by atoms with van der Waals surface area (Å²) in [5.74, 6) is -0.379. The first-order valence-corrected chi connectivity index (χ1v) is 9.03. The van der Waals surface area contributed by atoms with Gasteiger partial charge in [-0.05, 0) is 56.4 Å². The van der Waals surface area contributed by atoms with Crippen LogP contribution >= 0.6 is 0 Å². The number of carbonyl (C=O) groups excluding carboxylic acids is 2. The number of nitrogens with one attached hydrogen (secondary N) is 1. The molecule has 2 atom stereocenters. The Balaban J connectivity index is 1.60. The third kappa shape index (κ3) is 3.96. The summed E-state index contributed by atoms with van der Waals surface area (Å²) in [5, 5.41) is 12.7. The van der Waals surface area contributed by atoms with Gasteiger partial charge < -0.3 is 15.3 Å². The maximum absolute atomic E-state index is 12.5. The highest BCUT2D eigenvalue weighted by Gasteiger charge is 2.31. The zero-order valence-corrected chi connectivity index (χ0v) is 14.0. The minimum Gasteiger partial charge on any atom is -0.392 e. The van der Waals surface area contributed by atoms with Gasteiger partial charge in [-0.15, -0.1) is 0 Å². The summed E-state index contributed by atoms with van der Waals surface area (Å²) in [5.41, 5.74) is 1.34. The second-order valence-electron chi connectivity index (χ2n) is 6.88. The van der Waals surface area contributed by atoms with Crippen LogP contribution in [0.5, 0.6) is 0 Å². The van der Waals surface area contributed by atoms with Crippen molar-refractivity contribution >= 4 is 17.5 Å². The van der Waals surface area contributed by atoms with Crippen molar-refractivity contribution in [2.75, 3.05) is 18.4 Å². The Morgan fingerprint density at radius 3 is 2.21 bits per heavy atom. The molecule has 1 heterocycles. The Morgan fingerprint density at radius 1 is 0.958 bits per heavy atom. The smallest absolute Gasteiger partial charge is 0.253 e. The zero-order valence-electron chi connectivity index (χ0n) is 14.0. The van der Waals surface area contributed by atoms with E-state index in [9.17, 15) is 14.7 Å². The zero-order chi connectivity index (χ0) is 16.9. The molecule has 1 aromatic rings. The van der Waals surface area contributed by atoms with E-state index in [4.69, 9.17) is 0 Å². The molecule has 0 spiro atoms. The van der Waals surface area contributed by atoms with Gasteiger partial charge in [0, 0.05) is 24.3 Å². The number of aliphatic hydroxyl groups is 1. The van der Waals surface area contributed by atoms with Crippen LogP contribution in [0.3, 0.4) is 0 Å². The molecule has 2 unspecified atom stereocenters. The lowest BCUT2D eigenvalue weighted by atomic mass is 10.1. The van der Waals surface area contributed by atoms with Gasteiger partial charge in [0.1, 0.15) is 0 Å². The maximum atomic E-state index is 12.5. The third-order valence-corrected chi connectivity index (χ3v) is 5.11. The predicted octanol–water partition coefficient (Wildman–Crippen LogP) is 2.80. The number of rotatable bonds is 3. The lowest BCUT2D eigenvalue weighted by Gasteiger charge is -2.20. The summed E-state index contributed by atoms with van der Waals surface area (Å²) < 4.78 is 0. The number of carbonyl (C=O) groups is 2. The maximum Gasteiger partial charge on any atom is 0.253 e. The predicted molar refractivity (Wildman–Crippen MR) is 92.8 cm³/mol. The van der Waals surface area contributed by atoms with Gasteiger partial charge in [0.15, 0.2) is 0 Å². The molecular formula is C19H26N2O3. The van der Waals surface area contributed by atoms with Crippen molar-refractivity contribution in [1.82, 2.24) is 4.90 Å². The molecule has 130 valence electrons. The molecule has 2 amide bonds. The van der Waals surface area contributed by atoms with Gasteiger partial charge in [-0.25, -0.2) is 0 Å². The summed E-state index contributed by atoms with van der Waals surface area (Å²) in [7, 11) is 0. The van der Waals surface area contributed by atoms with Crippen LogP contribution < -0.4 is 5.32 Å². The second kappa shape index (κ2) is 7.79. The molecule has 1 saturated carbocycles. The molecule has 2 fully saturated rings. The number of benzene rings is 1. The molecule has 2 aliphatic rings. The van der Waals surface area contributed by atoms with Crippen LogP contribution in [-0.4, -0.2) is 41.0 Å². The Bertz CT molecular complexity index is 577. The van der Waals surface area contributed by atoms with Crippen LogP contribution in [0.2, 0.25) is 0 Å². The van der Waals surface area contributed by atoms with Gasteiger partial charge >= 0.3 is 0 Å². The highest BCUT2D eigenvalue weighted by atomic mass is 16.3. The average molecular weight is 330 g/mol. The summed E-state index contributed by atoms with van der Waals surface area (Å²) in [4.78, 5) is 26.7. The van der Waals surface area contributed by atoms with E-state index >= 15 is 0 Å². The van der Waals surface area contributed by atoms with Crippen molar-refractivity contribution in [1.29, 1.82) is 0 Å². The minimum absolute atomic E-state index is 0.0704. The van der Waals surface area contributed by atoms with Gasteiger partial charge in [0.2, 0.25) is 5.91 Å². The number of amides is 2. The first-order valence-electron chi connectivity index (χ1n) is 9.03. The quantitative estimate of drug-likeness (QED) is 0.895. The fraction of sp³-hybridized carbons (Fsp3) is 0.579. The lowest BCUT2D eigenvalue weighted by molar-refractivity contribution is -0.122. The van der Waals surface area contributed by atoms with E-state index in [0.717, 1.165) is 38.8 Å². The molecule has 24 heavy (non-hydrogen) atoms. The molecule has 1 aliphatic heterocycles. The fourth-order valence-corrected chi connectivity index (χ4v) is 3.63. The van der Waals surface area contributed by atoms with Crippen molar-refractivity contribution in [2.45, 2.75) is 51.0 Å². The summed E-state index contributed by atoms with van der Waals surface area (Å²) in [6.07, 6.45) is 6.33. The first-order chi connectivity index (χ1) is 11.6. The lowest BCUT2D eigenvalue weighted by Crippen LogP contribution is -2.31. The van der Waals surface area contributed by atoms with Crippen molar-refractivity contribution < 1.29 is 14.7 Å². The summed E-state index contributed by atoms with van der Waals surface area (Å²) >= 11 is 0. The van der Waals surface area contributed by atoms with Gasteiger partial charge in [-0.2, -0.15) is 0 Å². The molecule has 0 aromatic heterocycles. The van der Waals surface area contributed by atoms with Gasteiger partial charge in [0.25, 0.3) is 5.91 Å². The number of hydrogen-bond donors (Lipinski definition) is 2. The molecule has 0 radical (unpaired) electrons. The van der Waals surface area contributed by atoms with E-state index in [0.29, 0.717) is 17.7 Å². The Labute approximate surface area is 143 Å². The fourth-order valence-electron chi connectivity index (χ4n) is 3.63. The largest absolute Gasteiger partial charge is 0.392 e. The van der Waals surface area contributed by atoms with Crippen LogP contribution in [0.15, 0.2) is 24.3 Å². The number of likely N-dealkylation sites (tertiary alicyclic amines) is 1. The number of nitrogens with zero attached hydrogens (tertiary/aromatic N) is 1. The molecule has 0 bridgehead atoms.